The maximum absolute atomic E-state index is 11.0. The van der Waals surface area contributed by atoms with Gasteiger partial charge >= 0.3 is 5.69 Å². The maximum Gasteiger partial charge on any atom is 0.329 e. The second-order valence-corrected chi connectivity index (χ2v) is 4.15. The summed E-state index contributed by atoms with van der Waals surface area (Å²) < 4.78 is 0. The molecule has 8 nitrogen and oxygen atoms in total. The minimum absolute atomic E-state index is 0.0248. The number of amides is 1. The Kier molecular flexibility index (Phi) is 3.56. The Balaban J connectivity index is 2.15. The van der Waals surface area contributed by atoms with Crippen LogP contribution in [0, 0.1) is 10.1 Å². The summed E-state index contributed by atoms with van der Waals surface area (Å²) in [5.74, 6) is 0.0458. The zero-order valence-electron chi connectivity index (χ0n) is 9.22. The van der Waals surface area contributed by atoms with Crippen LogP contribution < -0.4 is 10.6 Å². The first-order valence-corrected chi connectivity index (χ1v) is 5.64. The fourth-order valence-corrected chi connectivity index (χ4v) is 1.78. The molecule has 1 aliphatic heterocycles. The van der Waals surface area contributed by atoms with Gasteiger partial charge in [0.25, 0.3) is 0 Å². The molecular formula is C9H10ClN5O3. The van der Waals surface area contributed by atoms with Crippen LogP contribution in [0.4, 0.5) is 11.5 Å². The Labute approximate surface area is 107 Å². The van der Waals surface area contributed by atoms with Gasteiger partial charge in [0, 0.05) is 19.0 Å². The highest BCUT2D eigenvalue weighted by Gasteiger charge is 2.23. The summed E-state index contributed by atoms with van der Waals surface area (Å²) in [4.78, 5) is 28.6. The van der Waals surface area contributed by atoms with E-state index in [1.807, 2.05) is 0 Å². The molecule has 1 unspecified atom stereocenters. The average molecular weight is 272 g/mol. The van der Waals surface area contributed by atoms with Crippen LogP contribution in [-0.2, 0) is 4.79 Å². The first-order chi connectivity index (χ1) is 8.56. The first-order valence-electron chi connectivity index (χ1n) is 5.26. The average Bonchev–Trinajstić information content (AvgIpc) is 2.32. The molecule has 1 aliphatic rings. The number of carbonyl (C=O) groups excluding carboxylic acids is 1. The molecule has 2 N–H and O–H groups in total. The molecule has 2 rings (SSSR count). The molecule has 0 aromatic carbocycles. The lowest BCUT2D eigenvalue weighted by molar-refractivity contribution is -0.384. The molecule has 9 heteroatoms. The molecule has 1 amide bonds. The van der Waals surface area contributed by atoms with Crippen LogP contribution >= 0.6 is 11.6 Å². The van der Waals surface area contributed by atoms with Gasteiger partial charge in [0.2, 0.25) is 17.0 Å². The summed E-state index contributed by atoms with van der Waals surface area (Å²) in [6.45, 7) is 0.400. The van der Waals surface area contributed by atoms with Gasteiger partial charge in [-0.05, 0) is 18.0 Å². The van der Waals surface area contributed by atoms with Crippen molar-refractivity contribution in [2.45, 2.75) is 18.9 Å². The van der Waals surface area contributed by atoms with Crippen molar-refractivity contribution in [2.24, 2.45) is 0 Å². The molecule has 0 spiro atoms. The summed E-state index contributed by atoms with van der Waals surface area (Å²) in [6.07, 6.45) is 2.02. The topological polar surface area (TPSA) is 110 Å². The number of hydrogen-bond acceptors (Lipinski definition) is 6. The molecule has 1 atom stereocenters. The number of aromatic nitrogens is 2. The number of hydrogen-bond donors (Lipinski definition) is 2. The van der Waals surface area contributed by atoms with E-state index in [4.69, 9.17) is 11.6 Å². The third-order valence-electron chi connectivity index (χ3n) is 2.54. The maximum atomic E-state index is 11.0. The monoisotopic (exact) mass is 271 g/mol. The van der Waals surface area contributed by atoms with Crippen LogP contribution in [0.5, 0.6) is 0 Å². The predicted octanol–water partition coefficient (Wildman–Crippen LogP) is 0.729. The number of rotatable bonds is 3. The van der Waals surface area contributed by atoms with Gasteiger partial charge in [-0.3, -0.25) is 14.9 Å². The van der Waals surface area contributed by atoms with Crippen LogP contribution in [0.15, 0.2) is 6.20 Å². The molecule has 0 aliphatic carbocycles. The van der Waals surface area contributed by atoms with E-state index in [0.717, 1.165) is 6.20 Å². The van der Waals surface area contributed by atoms with E-state index in [-0.39, 0.29) is 28.7 Å². The van der Waals surface area contributed by atoms with Crippen molar-refractivity contribution in [1.82, 2.24) is 15.3 Å². The van der Waals surface area contributed by atoms with Gasteiger partial charge in [0.1, 0.15) is 6.20 Å². The quantitative estimate of drug-likeness (QED) is 0.476. The van der Waals surface area contributed by atoms with Crippen molar-refractivity contribution in [3.63, 3.8) is 0 Å². The van der Waals surface area contributed by atoms with E-state index >= 15 is 0 Å². The molecule has 0 radical (unpaired) electrons. The predicted molar refractivity (Wildman–Crippen MR) is 63.4 cm³/mol. The van der Waals surface area contributed by atoms with Crippen molar-refractivity contribution in [1.29, 1.82) is 0 Å². The fraction of sp³-hybridized carbons (Fsp3) is 0.444. The summed E-state index contributed by atoms with van der Waals surface area (Å²) in [5, 5.41) is 16.3. The fourth-order valence-electron chi connectivity index (χ4n) is 1.64. The van der Waals surface area contributed by atoms with Gasteiger partial charge in [-0.1, -0.05) is 0 Å². The molecule has 18 heavy (non-hydrogen) atoms. The molecule has 1 saturated heterocycles. The van der Waals surface area contributed by atoms with E-state index in [0.29, 0.717) is 19.4 Å². The Morgan fingerprint density at radius 3 is 3.00 bits per heavy atom. The van der Waals surface area contributed by atoms with E-state index < -0.39 is 4.92 Å². The number of nitrogens with one attached hydrogen (secondary N) is 2. The Morgan fingerprint density at radius 2 is 2.39 bits per heavy atom. The van der Waals surface area contributed by atoms with E-state index in [9.17, 15) is 14.9 Å². The third kappa shape index (κ3) is 2.83. The standard InChI is InChI=1S/C9H10ClN5O3/c10-9-12-4-6(15(17)18)8(14-9)13-5-1-2-7(16)11-3-5/h4-5H,1-3H2,(H,11,16)(H,12,13,14). The van der Waals surface area contributed by atoms with Crippen LogP contribution in [0.2, 0.25) is 5.28 Å². The van der Waals surface area contributed by atoms with Crippen LogP contribution in [0.3, 0.4) is 0 Å². The van der Waals surface area contributed by atoms with Crippen LogP contribution in [-0.4, -0.2) is 33.4 Å². The second kappa shape index (κ2) is 5.13. The lowest BCUT2D eigenvalue weighted by atomic mass is 10.1. The molecule has 96 valence electrons. The van der Waals surface area contributed by atoms with Crippen molar-refractivity contribution in [2.75, 3.05) is 11.9 Å². The summed E-state index contributed by atoms with van der Waals surface area (Å²) in [7, 11) is 0. The van der Waals surface area contributed by atoms with E-state index in [1.165, 1.54) is 0 Å². The molecule has 2 heterocycles. The number of carbonyl (C=O) groups is 1. The second-order valence-electron chi connectivity index (χ2n) is 3.81. The van der Waals surface area contributed by atoms with Gasteiger partial charge in [-0.25, -0.2) is 4.98 Å². The Morgan fingerprint density at radius 1 is 1.61 bits per heavy atom. The highest BCUT2D eigenvalue weighted by Crippen LogP contribution is 2.23. The SMILES string of the molecule is O=C1CCC(Nc2nc(Cl)ncc2[N+](=O)[O-])CN1. The van der Waals surface area contributed by atoms with Gasteiger partial charge in [0.05, 0.1) is 4.92 Å². The van der Waals surface area contributed by atoms with E-state index in [2.05, 4.69) is 20.6 Å². The molecule has 1 aromatic heterocycles. The third-order valence-corrected chi connectivity index (χ3v) is 2.73. The van der Waals surface area contributed by atoms with Crippen LogP contribution in [0.25, 0.3) is 0 Å². The Hall–Kier alpha value is -1.96. The van der Waals surface area contributed by atoms with E-state index in [1.54, 1.807) is 0 Å². The number of halogens is 1. The minimum Gasteiger partial charge on any atom is -0.360 e. The Bertz CT molecular complexity index is 485. The molecule has 1 aromatic rings. The zero-order chi connectivity index (χ0) is 13.1. The summed E-state index contributed by atoms with van der Waals surface area (Å²) in [6, 6.07) is -0.104. The first kappa shape index (κ1) is 12.5. The van der Waals surface area contributed by atoms with Gasteiger partial charge < -0.3 is 10.6 Å². The zero-order valence-corrected chi connectivity index (χ0v) is 9.98. The molecule has 0 bridgehead atoms. The summed E-state index contributed by atoms with van der Waals surface area (Å²) >= 11 is 5.61. The van der Waals surface area contributed by atoms with Crippen molar-refractivity contribution in [3.05, 3.63) is 21.6 Å². The normalized spacial score (nSPS) is 19.2. The summed E-state index contributed by atoms with van der Waals surface area (Å²) in [5.41, 5.74) is -0.240. The molecular weight excluding hydrogens is 262 g/mol. The molecule has 1 fully saturated rings. The van der Waals surface area contributed by atoms with Crippen molar-refractivity contribution in [3.8, 4) is 0 Å². The smallest absolute Gasteiger partial charge is 0.329 e. The van der Waals surface area contributed by atoms with Crippen molar-refractivity contribution >= 4 is 29.0 Å². The number of piperidine rings is 1. The highest BCUT2D eigenvalue weighted by molar-refractivity contribution is 6.28. The highest BCUT2D eigenvalue weighted by atomic mass is 35.5. The molecule has 0 saturated carbocycles. The van der Waals surface area contributed by atoms with Gasteiger partial charge in [0.15, 0.2) is 0 Å². The van der Waals surface area contributed by atoms with Gasteiger partial charge in [-0.15, -0.1) is 0 Å². The van der Waals surface area contributed by atoms with Crippen molar-refractivity contribution < 1.29 is 9.72 Å². The number of nitrogens with zero attached hydrogens (tertiary/aromatic N) is 3. The lowest BCUT2D eigenvalue weighted by Gasteiger charge is -2.23. The van der Waals surface area contributed by atoms with Gasteiger partial charge in [-0.2, -0.15) is 4.98 Å². The largest absolute Gasteiger partial charge is 0.360 e. The van der Waals surface area contributed by atoms with Crippen LogP contribution in [0.1, 0.15) is 12.8 Å². The number of nitro groups is 1. The number of anilines is 1. The lowest BCUT2D eigenvalue weighted by Crippen LogP contribution is -2.42. The minimum atomic E-state index is -0.583.